The summed E-state index contributed by atoms with van der Waals surface area (Å²) >= 11 is 0. The summed E-state index contributed by atoms with van der Waals surface area (Å²) in [5.41, 5.74) is 3.72. The average molecular weight is 549 g/mol. The lowest BCUT2D eigenvalue weighted by Crippen LogP contribution is -2.50. The van der Waals surface area contributed by atoms with Crippen molar-refractivity contribution in [1.82, 2.24) is 19.5 Å². The Hall–Kier alpha value is -4.12. The summed E-state index contributed by atoms with van der Waals surface area (Å²) in [5, 5.41) is 7.88. The number of piperazine rings is 1. The smallest absolute Gasteiger partial charge is 0.410 e. The van der Waals surface area contributed by atoms with E-state index in [0.717, 1.165) is 22.5 Å². The van der Waals surface area contributed by atoms with Gasteiger partial charge in [-0.2, -0.15) is 4.98 Å². The van der Waals surface area contributed by atoms with Gasteiger partial charge >= 0.3 is 6.09 Å². The molecule has 1 N–H and O–H groups in total. The van der Waals surface area contributed by atoms with Crippen LogP contribution in [0.15, 0.2) is 71.8 Å². The van der Waals surface area contributed by atoms with Crippen molar-refractivity contribution in [2.24, 2.45) is 0 Å². The third-order valence-corrected chi connectivity index (χ3v) is 7.48. The van der Waals surface area contributed by atoms with Crippen LogP contribution in [-0.2, 0) is 14.6 Å². The number of fused-ring (bicyclic) bond motifs is 1. The second kappa shape index (κ2) is 10.2. The van der Waals surface area contributed by atoms with Crippen LogP contribution in [-0.4, -0.2) is 72.0 Å². The predicted molar refractivity (Wildman–Crippen MR) is 151 cm³/mol. The van der Waals surface area contributed by atoms with Gasteiger partial charge in [-0.3, -0.25) is 0 Å². The molecule has 1 saturated heterocycles. The Morgan fingerprint density at radius 3 is 2.36 bits per heavy atom. The number of ether oxygens (including phenoxy) is 1. The van der Waals surface area contributed by atoms with Gasteiger partial charge in [-0.15, -0.1) is 5.10 Å². The topological polar surface area (TPSA) is 109 Å². The van der Waals surface area contributed by atoms with Crippen molar-refractivity contribution < 1.29 is 17.9 Å². The Balaban J connectivity index is 1.30. The first kappa shape index (κ1) is 26.5. The predicted octanol–water partition coefficient (Wildman–Crippen LogP) is 4.60. The monoisotopic (exact) mass is 548 g/mol. The van der Waals surface area contributed by atoms with Gasteiger partial charge in [-0.05, 0) is 68.8 Å². The first-order chi connectivity index (χ1) is 18.5. The fourth-order valence-electron chi connectivity index (χ4n) is 4.45. The fraction of sp³-hybridized carbons (Fsp3) is 0.321. The molecule has 2 aromatic heterocycles. The van der Waals surface area contributed by atoms with Gasteiger partial charge < -0.3 is 19.9 Å². The summed E-state index contributed by atoms with van der Waals surface area (Å²) in [6.45, 7) is 8.21. The van der Waals surface area contributed by atoms with Crippen molar-refractivity contribution in [3.8, 4) is 11.1 Å². The number of carbonyl (C=O) groups excluding carboxylic acids is 1. The van der Waals surface area contributed by atoms with E-state index in [1.165, 1.54) is 6.26 Å². The van der Waals surface area contributed by atoms with E-state index >= 15 is 0 Å². The second-order valence-electron chi connectivity index (χ2n) is 10.6. The molecule has 11 heteroatoms. The highest BCUT2D eigenvalue weighted by atomic mass is 32.2. The molecule has 0 unspecified atom stereocenters. The number of pyridine rings is 1. The first-order valence-corrected chi connectivity index (χ1v) is 14.6. The number of hydrogen-bond acceptors (Lipinski definition) is 8. The highest BCUT2D eigenvalue weighted by Crippen LogP contribution is 2.27. The van der Waals surface area contributed by atoms with E-state index in [0.29, 0.717) is 37.8 Å². The Bertz CT molecular complexity index is 1600. The zero-order valence-corrected chi connectivity index (χ0v) is 23.3. The second-order valence-corrected chi connectivity index (χ2v) is 12.6. The van der Waals surface area contributed by atoms with E-state index < -0.39 is 15.4 Å². The van der Waals surface area contributed by atoms with E-state index in [-0.39, 0.29) is 11.0 Å². The summed E-state index contributed by atoms with van der Waals surface area (Å²) in [4.78, 5) is 21.4. The lowest BCUT2D eigenvalue weighted by Gasteiger charge is -2.36. The van der Waals surface area contributed by atoms with E-state index in [4.69, 9.17) is 9.72 Å². The van der Waals surface area contributed by atoms with Gasteiger partial charge in [0, 0.05) is 55.6 Å². The van der Waals surface area contributed by atoms with Gasteiger partial charge in [0.05, 0.1) is 4.90 Å². The highest BCUT2D eigenvalue weighted by molar-refractivity contribution is 7.90. The van der Waals surface area contributed by atoms with Crippen molar-refractivity contribution in [2.75, 3.05) is 42.7 Å². The van der Waals surface area contributed by atoms with Gasteiger partial charge in [0.2, 0.25) is 5.95 Å². The van der Waals surface area contributed by atoms with Gasteiger partial charge in [0.1, 0.15) is 5.60 Å². The molecule has 1 fully saturated rings. The van der Waals surface area contributed by atoms with E-state index in [1.807, 2.05) is 63.4 Å². The number of nitrogens with zero attached hydrogens (tertiary/aromatic N) is 5. The molecular formula is C28H32N6O4S. The van der Waals surface area contributed by atoms with Gasteiger partial charge in [-0.25, -0.2) is 17.7 Å². The molecule has 0 radical (unpaired) electrons. The maximum absolute atomic E-state index is 12.4. The molecule has 2 aromatic carbocycles. The maximum Gasteiger partial charge on any atom is 0.410 e. The number of benzene rings is 2. The fourth-order valence-corrected chi connectivity index (χ4v) is 5.08. The number of nitrogens with one attached hydrogen (secondary N) is 1. The average Bonchev–Trinajstić information content (AvgIpc) is 3.30. The van der Waals surface area contributed by atoms with Crippen LogP contribution in [0.3, 0.4) is 0 Å². The zero-order valence-electron chi connectivity index (χ0n) is 22.5. The van der Waals surface area contributed by atoms with Gasteiger partial charge in [-0.1, -0.05) is 18.2 Å². The molecule has 10 nitrogen and oxygen atoms in total. The number of carbonyl (C=O) groups is 1. The molecule has 0 atom stereocenters. The van der Waals surface area contributed by atoms with E-state index in [2.05, 4.69) is 15.3 Å². The van der Waals surface area contributed by atoms with Crippen LogP contribution >= 0.6 is 0 Å². The number of anilines is 3. The van der Waals surface area contributed by atoms with Crippen LogP contribution in [0.2, 0.25) is 0 Å². The summed E-state index contributed by atoms with van der Waals surface area (Å²) < 4.78 is 30.8. The van der Waals surface area contributed by atoms with E-state index in [9.17, 15) is 13.2 Å². The molecule has 39 heavy (non-hydrogen) atoms. The standard InChI is InChI=1S/C28H32N6O4S/c1-28(2,3)38-27(35)33-17-15-32(16-18-33)22-8-5-7-21(19-22)29-26-30-25-24(9-6-14-34(25)31-26)20-10-12-23(13-11-20)39(4,36)37/h5-14,19H,15-18H2,1-4H3,(H,29,31). The van der Waals surface area contributed by atoms with Gasteiger partial charge in [0.15, 0.2) is 15.5 Å². The molecule has 1 aliphatic rings. The SMILES string of the molecule is CC(C)(C)OC(=O)N1CCN(c2cccc(Nc3nc4c(-c5ccc(S(C)(=O)=O)cc5)cccn4n3)c2)CC1. The normalized spacial score (nSPS) is 14.5. The summed E-state index contributed by atoms with van der Waals surface area (Å²) in [7, 11) is -3.27. The van der Waals surface area contributed by atoms with Crippen LogP contribution in [0, 0.1) is 0 Å². The molecule has 1 aliphatic heterocycles. The van der Waals surface area contributed by atoms with Crippen molar-refractivity contribution in [3.63, 3.8) is 0 Å². The Morgan fingerprint density at radius 2 is 1.69 bits per heavy atom. The Kier molecular flexibility index (Phi) is 6.94. The maximum atomic E-state index is 12.4. The third kappa shape index (κ3) is 6.14. The van der Waals surface area contributed by atoms with Crippen LogP contribution in [0.4, 0.5) is 22.1 Å². The minimum Gasteiger partial charge on any atom is -0.444 e. The number of hydrogen-bond donors (Lipinski definition) is 1. The molecule has 204 valence electrons. The molecule has 1 amide bonds. The lowest BCUT2D eigenvalue weighted by atomic mass is 10.1. The molecule has 0 saturated carbocycles. The molecule has 3 heterocycles. The quantitative estimate of drug-likeness (QED) is 0.385. The van der Waals surface area contributed by atoms with Crippen molar-refractivity contribution >= 4 is 38.9 Å². The first-order valence-electron chi connectivity index (χ1n) is 12.7. The number of rotatable bonds is 5. The number of amides is 1. The van der Waals surface area contributed by atoms with Gasteiger partial charge in [0.25, 0.3) is 0 Å². The molecule has 0 spiro atoms. The molecule has 0 bridgehead atoms. The molecule has 4 aromatic rings. The van der Waals surface area contributed by atoms with Crippen molar-refractivity contribution in [2.45, 2.75) is 31.3 Å². The highest BCUT2D eigenvalue weighted by Gasteiger charge is 2.26. The number of aromatic nitrogens is 3. The van der Waals surface area contributed by atoms with Crippen LogP contribution in [0.1, 0.15) is 20.8 Å². The molecule has 0 aliphatic carbocycles. The van der Waals surface area contributed by atoms with Crippen LogP contribution in [0.25, 0.3) is 16.8 Å². The van der Waals surface area contributed by atoms with Crippen LogP contribution < -0.4 is 10.2 Å². The summed E-state index contributed by atoms with van der Waals surface area (Å²) in [6.07, 6.45) is 2.74. The lowest BCUT2D eigenvalue weighted by molar-refractivity contribution is 0.0240. The minimum atomic E-state index is -3.27. The third-order valence-electron chi connectivity index (χ3n) is 6.35. The van der Waals surface area contributed by atoms with E-state index in [1.54, 1.807) is 33.7 Å². The van der Waals surface area contributed by atoms with Crippen LogP contribution in [0.5, 0.6) is 0 Å². The summed E-state index contributed by atoms with van der Waals surface area (Å²) in [5.74, 6) is 0.446. The number of sulfone groups is 1. The van der Waals surface area contributed by atoms with Crippen molar-refractivity contribution in [3.05, 3.63) is 66.9 Å². The Morgan fingerprint density at radius 1 is 0.974 bits per heavy atom. The minimum absolute atomic E-state index is 0.271. The Labute approximate surface area is 228 Å². The summed E-state index contributed by atoms with van der Waals surface area (Å²) in [6, 6.07) is 18.6. The molecular weight excluding hydrogens is 516 g/mol. The zero-order chi connectivity index (χ0) is 27.8. The molecule has 5 rings (SSSR count). The largest absolute Gasteiger partial charge is 0.444 e. The van der Waals surface area contributed by atoms with Crippen molar-refractivity contribution in [1.29, 1.82) is 0 Å².